The van der Waals surface area contributed by atoms with Crippen LogP contribution in [-0.2, 0) is 0 Å². The molecule has 1 aromatic rings. The van der Waals surface area contributed by atoms with Crippen molar-refractivity contribution in [2.45, 2.75) is 13.8 Å². The van der Waals surface area contributed by atoms with Crippen molar-refractivity contribution in [2.24, 2.45) is 0 Å². The summed E-state index contributed by atoms with van der Waals surface area (Å²) in [6, 6.07) is 1.67. The maximum absolute atomic E-state index is 11.5. The highest BCUT2D eigenvalue weighted by Gasteiger charge is 2.19. The van der Waals surface area contributed by atoms with Crippen LogP contribution in [0.5, 0.6) is 17.2 Å². The Balaban J connectivity index is 3.54. The Morgan fingerprint density at radius 3 is 2.00 bits per heavy atom. The minimum Gasteiger partial charge on any atom is -0.493 e. The monoisotopic (exact) mass is 224 g/mol. The largest absolute Gasteiger partial charge is 0.493 e. The summed E-state index contributed by atoms with van der Waals surface area (Å²) in [7, 11) is 4.60. The number of rotatable bonds is 4. The van der Waals surface area contributed by atoms with E-state index in [0.717, 1.165) is 5.56 Å². The van der Waals surface area contributed by atoms with E-state index in [4.69, 9.17) is 14.2 Å². The van der Waals surface area contributed by atoms with E-state index in [1.54, 1.807) is 6.07 Å². The molecular formula is C12H16O4. The number of ketones is 1. The van der Waals surface area contributed by atoms with Crippen LogP contribution in [0.1, 0.15) is 22.8 Å². The summed E-state index contributed by atoms with van der Waals surface area (Å²) in [6.45, 7) is 3.32. The van der Waals surface area contributed by atoms with E-state index in [9.17, 15) is 4.79 Å². The minimum atomic E-state index is -0.0308. The normalized spacial score (nSPS) is 9.81. The molecule has 1 aromatic carbocycles. The average Bonchev–Trinajstić information content (AvgIpc) is 2.27. The smallest absolute Gasteiger partial charge is 0.203 e. The number of hydrogen-bond acceptors (Lipinski definition) is 4. The molecule has 88 valence electrons. The topological polar surface area (TPSA) is 44.8 Å². The van der Waals surface area contributed by atoms with Gasteiger partial charge in [-0.3, -0.25) is 4.79 Å². The molecule has 0 spiro atoms. The van der Waals surface area contributed by atoms with Crippen molar-refractivity contribution in [3.63, 3.8) is 0 Å². The second kappa shape index (κ2) is 4.88. The quantitative estimate of drug-likeness (QED) is 0.736. The lowest BCUT2D eigenvalue weighted by molar-refractivity contribution is 0.101. The zero-order valence-electron chi connectivity index (χ0n) is 10.2. The van der Waals surface area contributed by atoms with Crippen LogP contribution in [0.4, 0.5) is 0 Å². The van der Waals surface area contributed by atoms with Crippen LogP contribution in [0, 0.1) is 6.92 Å². The minimum absolute atomic E-state index is 0.0308. The molecule has 0 aliphatic rings. The molecule has 0 aromatic heterocycles. The highest BCUT2D eigenvalue weighted by atomic mass is 16.5. The molecule has 0 heterocycles. The van der Waals surface area contributed by atoms with E-state index in [1.807, 2.05) is 6.92 Å². The zero-order chi connectivity index (χ0) is 12.3. The Labute approximate surface area is 95.1 Å². The lowest BCUT2D eigenvalue weighted by atomic mass is 10.0. The molecular weight excluding hydrogens is 208 g/mol. The van der Waals surface area contributed by atoms with Gasteiger partial charge < -0.3 is 14.2 Å². The first kappa shape index (κ1) is 12.4. The van der Waals surface area contributed by atoms with Crippen LogP contribution in [0.2, 0.25) is 0 Å². The number of Topliss-reactive ketones (excluding diaryl/α,β-unsaturated/α-hetero) is 1. The van der Waals surface area contributed by atoms with Crippen molar-refractivity contribution in [3.8, 4) is 17.2 Å². The molecule has 0 saturated heterocycles. The van der Waals surface area contributed by atoms with Crippen molar-refractivity contribution in [2.75, 3.05) is 21.3 Å². The summed E-state index contributed by atoms with van der Waals surface area (Å²) >= 11 is 0. The van der Waals surface area contributed by atoms with Gasteiger partial charge in [0.05, 0.1) is 21.3 Å². The average molecular weight is 224 g/mol. The molecule has 0 N–H and O–H groups in total. The molecule has 0 unspecified atom stereocenters. The Hall–Kier alpha value is -1.71. The first-order valence-electron chi connectivity index (χ1n) is 4.87. The molecule has 0 fully saturated rings. The predicted octanol–water partition coefficient (Wildman–Crippen LogP) is 2.22. The van der Waals surface area contributed by atoms with Crippen LogP contribution in [0.3, 0.4) is 0 Å². The number of benzene rings is 1. The second-order valence-corrected chi connectivity index (χ2v) is 3.37. The summed E-state index contributed by atoms with van der Waals surface area (Å²) < 4.78 is 15.6. The third-order valence-electron chi connectivity index (χ3n) is 2.46. The van der Waals surface area contributed by atoms with Gasteiger partial charge >= 0.3 is 0 Å². The lowest BCUT2D eigenvalue weighted by Gasteiger charge is -2.16. The Kier molecular flexibility index (Phi) is 3.77. The van der Waals surface area contributed by atoms with Gasteiger partial charge in [-0.2, -0.15) is 0 Å². The van der Waals surface area contributed by atoms with Gasteiger partial charge in [-0.25, -0.2) is 0 Å². The standard InChI is InChI=1S/C12H16O4/c1-7-9(8(2)13)6-10(14-3)12(16-5)11(7)15-4/h6H,1-5H3. The van der Waals surface area contributed by atoms with Crippen molar-refractivity contribution in [3.05, 3.63) is 17.2 Å². The Morgan fingerprint density at radius 1 is 1.06 bits per heavy atom. The third kappa shape index (κ3) is 1.96. The lowest BCUT2D eigenvalue weighted by Crippen LogP contribution is -2.03. The first-order chi connectivity index (χ1) is 7.56. The van der Waals surface area contributed by atoms with E-state index in [2.05, 4.69) is 0 Å². The fourth-order valence-electron chi connectivity index (χ4n) is 1.67. The van der Waals surface area contributed by atoms with Crippen LogP contribution >= 0.6 is 0 Å². The number of carbonyl (C=O) groups is 1. The SMILES string of the molecule is COc1cc(C(C)=O)c(C)c(OC)c1OC. The molecule has 0 aliphatic heterocycles. The number of methoxy groups -OCH3 is 3. The van der Waals surface area contributed by atoms with Crippen LogP contribution < -0.4 is 14.2 Å². The van der Waals surface area contributed by atoms with E-state index >= 15 is 0 Å². The summed E-state index contributed by atoms with van der Waals surface area (Å²) in [5.41, 5.74) is 1.34. The van der Waals surface area contributed by atoms with E-state index < -0.39 is 0 Å². The van der Waals surface area contributed by atoms with Gasteiger partial charge in [0.2, 0.25) is 5.75 Å². The molecule has 0 saturated carbocycles. The van der Waals surface area contributed by atoms with Crippen molar-refractivity contribution < 1.29 is 19.0 Å². The van der Waals surface area contributed by atoms with Crippen LogP contribution in [0.15, 0.2) is 6.07 Å². The molecule has 0 bridgehead atoms. The fraction of sp³-hybridized carbons (Fsp3) is 0.417. The van der Waals surface area contributed by atoms with Crippen LogP contribution in [0.25, 0.3) is 0 Å². The van der Waals surface area contributed by atoms with Gasteiger partial charge in [0.15, 0.2) is 17.3 Å². The maximum atomic E-state index is 11.5. The molecule has 0 radical (unpaired) electrons. The van der Waals surface area contributed by atoms with Gasteiger partial charge in [-0.15, -0.1) is 0 Å². The van der Waals surface area contributed by atoms with Gasteiger partial charge in [0.1, 0.15) is 0 Å². The van der Waals surface area contributed by atoms with Gasteiger partial charge in [0, 0.05) is 11.1 Å². The highest BCUT2D eigenvalue weighted by molar-refractivity contribution is 5.97. The molecule has 1 rings (SSSR count). The second-order valence-electron chi connectivity index (χ2n) is 3.37. The number of carbonyl (C=O) groups excluding carboxylic acids is 1. The van der Waals surface area contributed by atoms with Gasteiger partial charge in [0.25, 0.3) is 0 Å². The Bertz CT molecular complexity index is 410. The van der Waals surface area contributed by atoms with E-state index in [1.165, 1.54) is 28.3 Å². The number of hydrogen-bond donors (Lipinski definition) is 0. The van der Waals surface area contributed by atoms with Crippen molar-refractivity contribution in [1.82, 2.24) is 0 Å². The summed E-state index contributed by atoms with van der Waals surface area (Å²) in [4.78, 5) is 11.5. The van der Waals surface area contributed by atoms with Crippen LogP contribution in [-0.4, -0.2) is 27.1 Å². The summed E-state index contributed by atoms with van der Waals surface area (Å²) in [5.74, 6) is 1.51. The predicted molar refractivity (Wildman–Crippen MR) is 60.8 cm³/mol. The maximum Gasteiger partial charge on any atom is 0.203 e. The molecule has 0 aliphatic carbocycles. The molecule has 0 amide bonds. The number of ether oxygens (including phenoxy) is 3. The fourth-order valence-corrected chi connectivity index (χ4v) is 1.67. The van der Waals surface area contributed by atoms with Crippen molar-refractivity contribution >= 4 is 5.78 Å². The Morgan fingerprint density at radius 2 is 1.62 bits per heavy atom. The first-order valence-corrected chi connectivity index (χ1v) is 4.87. The third-order valence-corrected chi connectivity index (χ3v) is 2.46. The molecule has 16 heavy (non-hydrogen) atoms. The summed E-state index contributed by atoms with van der Waals surface area (Å²) in [5, 5.41) is 0. The van der Waals surface area contributed by atoms with E-state index in [-0.39, 0.29) is 5.78 Å². The zero-order valence-corrected chi connectivity index (χ0v) is 10.2. The molecule has 4 heteroatoms. The molecule has 0 atom stereocenters. The highest BCUT2D eigenvalue weighted by Crippen LogP contribution is 2.41. The van der Waals surface area contributed by atoms with Gasteiger partial charge in [-0.1, -0.05) is 0 Å². The van der Waals surface area contributed by atoms with Gasteiger partial charge in [-0.05, 0) is 19.9 Å². The summed E-state index contributed by atoms with van der Waals surface area (Å²) in [6.07, 6.45) is 0. The molecule has 4 nitrogen and oxygen atoms in total. The van der Waals surface area contributed by atoms with E-state index in [0.29, 0.717) is 22.8 Å². The van der Waals surface area contributed by atoms with Crippen molar-refractivity contribution in [1.29, 1.82) is 0 Å².